The molecule has 136 valence electrons. The molecule has 2 aromatic rings. The van der Waals surface area contributed by atoms with Gasteiger partial charge in [-0.15, -0.1) is 0 Å². The number of rotatable bonds is 4. The fourth-order valence-electron chi connectivity index (χ4n) is 3.40. The van der Waals surface area contributed by atoms with Gasteiger partial charge in [-0.3, -0.25) is 9.59 Å². The first-order valence-corrected chi connectivity index (χ1v) is 9.45. The van der Waals surface area contributed by atoms with Crippen LogP contribution in [0.4, 0.5) is 5.69 Å². The minimum Gasteiger partial charge on any atom is -0.336 e. The van der Waals surface area contributed by atoms with Crippen LogP contribution in [0.3, 0.4) is 0 Å². The van der Waals surface area contributed by atoms with E-state index in [1.807, 2.05) is 4.90 Å². The second kappa shape index (κ2) is 8.37. The highest BCUT2D eigenvalue weighted by Gasteiger charge is 2.26. The third-order valence-corrected chi connectivity index (χ3v) is 5.20. The van der Waals surface area contributed by atoms with Gasteiger partial charge in [0.25, 0.3) is 11.8 Å². The molecule has 0 radical (unpaired) electrons. The minimum atomic E-state index is -0.267. The lowest BCUT2D eigenvalue weighted by Crippen LogP contribution is -2.43. The van der Waals surface area contributed by atoms with Gasteiger partial charge < -0.3 is 10.2 Å². The quantitative estimate of drug-likeness (QED) is 0.823. The number of anilines is 1. The number of halogens is 1. The smallest absolute Gasteiger partial charge is 0.257 e. The van der Waals surface area contributed by atoms with Gasteiger partial charge in [-0.2, -0.15) is 0 Å². The lowest BCUT2D eigenvalue weighted by atomic mass is 9.99. The highest BCUT2D eigenvalue weighted by Crippen LogP contribution is 2.23. The van der Waals surface area contributed by atoms with Gasteiger partial charge in [-0.25, -0.2) is 0 Å². The predicted molar refractivity (Wildman–Crippen MR) is 105 cm³/mol. The molecule has 1 heterocycles. The third kappa shape index (κ3) is 4.07. The van der Waals surface area contributed by atoms with Crippen LogP contribution in [0.25, 0.3) is 0 Å². The first-order chi connectivity index (χ1) is 12.6. The molecule has 1 fully saturated rings. The summed E-state index contributed by atoms with van der Waals surface area (Å²) in [5, 5.41) is 3.23. The number of hydrogen-bond donors (Lipinski definition) is 1. The molecule has 0 unspecified atom stereocenters. The lowest BCUT2D eigenvalue weighted by Gasteiger charge is -2.35. The van der Waals surface area contributed by atoms with E-state index in [1.165, 1.54) is 6.42 Å². The molecule has 4 nitrogen and oxygen atoms in total. The highest BCUT2D eigenvalue weighted by molar-refractivity contribution is 6.34. The van der Waals surface area contributed by atoms with Gasteiger partial charge >= 0.3 is 0 Å². The molecule has 2 aromatic carbocycles. The Hall–Kier alpha value is -2.33. The Balaban J connectivity index is 1.69. The molecular formula is C21H23ClN2O2. The van der Waals surface area contributed by atoms with Gasteiger partial charge in [-0.05, 0) is 62.1 Å². The molecule has 1 atom stereocenters. The number of hydrogen-bond acceptors (Lipinski definition) is 2. The Kier molecular flexibility index (Phi) is 5.94. The molecule has 0 spiro atoms. The maximum absolute atomic E-state index is 12.8. The van der Waals surface area contributed by atoms with Crippen molar-refractivity contribution in [1.29, 1.82) is 0 Å². The summed E-state index contributed by atoms with van der Waals surface area (Å²) < 4.78 is 0. The van der Waals surface area contributed by atoms with Crippen molar-refractivity contribution in [2.75, 3.05) is 11.9 Å². The van der Waals surface area contributed by atoms with Gasteiger partial charge in [0, 0.05) is 23.8 Å². The third-order valence-electron chi connectivity index (χ3n) is 4.87. The zero-order valence-electron chi connectivity index (χ0n) is 14.9. The fraction of sp³-hybridized carbons (Fsp3) is 0.333. The molecule has 1 aliphatic heterocycles. The standard InChI is InChI=1S/C21H23ClN2O2/c1-2-17-7-5-6-14-24(17)21(26)15-10-12-16(13-11-15)23-20(25)18-8-3-4-9-19(18)22/h3-4,8-13,17H,2,5-7,14H2,1H3,(H,23,25)/t17-/m0/s1. The van der Waals surface area contributed by atoms with Crippen LogP contribution < -0.4 is 5.32 Å². The topological polar surface area (TPSA) is 49.4 Å². The Labute approximate surface area is 159 Å². The van der Waals surface area contributed by atoms with Crippen LogP contribution in [-0.2, 0) is 0 Å². The van der Waals surface area contributed by atoms with Crippen LogP contribution in [0.5, 0.6) is 0 Å². The van der Waals surface area contributed by atoms with Crippen molar-refractivity contribution < 1.29 is 9.59 Å². The van der Waals surface area contributed by atoms with Crippen molar-refractivity contribution in [3.05, 3.63) is 64.7 Å². The maximum atomic E-state index is 12.8. The summed E-state index contributed by atoms with van der Waals surface area (Å²) in [4.78, 5) is 27.1. The number of carbonyl (C=O) groups is 2. The number of nitrogens with zero attached hydrogens (tertiary/aromatic N) is 1. The summed E-state index contributed by atoms with van der Waals surface area (Å²) in [6, 6.07) is 14.3. The zero-order valence-corrected chi connectivity index (χ0v) is 15.6. The number of nitrogens with one attached hydrogen (secondary N) is 1. The molecule has 0 saturated carbocycles. The average molecular weight is 371 g/mol. The maximum Gasteiger partial charge on any atom is 0.257 e. The SMILES string of the molecule is CC[C@H]1CCCCN1C(=O)c1ccc(NC(=O)c2ccccc2Cl)cc1. The van der Waals surface area contributed by atoms with Gasteiger partial charge in [-0.1, -0.05) is 30.7 Å². The number of piperidine rings is 1. The monoisotopic (exact) mass is 370 g/mol. The van der Waals surface area contributed by atoms with Crippen LogP contribution in [0.15, 0.2) is 48.5 Å². The van der Waals surface area contributed by atoms with Crippen LogP contribution >= 0.6 is 11.6 Å². The highest BCUT2D eigenvalue weighted by atomic mass is 35.5. The summed E-state index contributed by atoms with van der Waals surface area (Å²) in [5.41, 5.74) is 1.71. The first-order valence-electron chi connectivity index (χ1n) is 9.07. The Bertz CT molecular complexity index is 789. The van der Waals surface area contributed by atoms with Crippen molar-refractivity contribution in [3.8, 4) is 0 Å². The zero-order chi connectivity index (χ0) is 18.5. The van der Waals surface area contributed by atoms with E-state index in [0.717, 1.165) is 25.8 Å². The molecule has 0 aromatic heterocycles. The molecule has 26 heavy (non-hydrogen) atoms. The van der Waals surface area contributed by atoms with E-state index in [0.29, 0.717) is 27.9 Å². The number of amides is 2. The Morgan fingerprint density at radius 2 is 1.85 bits per heavy atom. The van der Waals surface area contributed by atoms with Gasteiger partial charge in [0.1, 0.15) is 0 Å². The molecule has 2 amide bonds. The van der Waals surface area contributed by atoms with Crippen LogP contribution in [0, 0.1) is 0 Å². The number of likely N-dealkylation sites (tertiary alicyclic amines) is 1. The predicted octanol–water partition coefficient (Wildman–Crippen LogP) is 5.00. The second-order valence-corrected chi connectivity index (χ2v) is 6.97. The fourth-order valence-corrected chi connectivity index (χ4v) is 3.62. The Morgan fingerprint density at radius 3 is 2.54 bits per heavy atom. The summed E-state index contributed by atoms with van der Waals surface area (Å²) in [5.74, 6) is -0.197. The van der Waals surface area contributed by atoms with E-state index in [-0.39, 0.29) is 11.8 Å². The van der Waals surface area contributed by atoms with E-state index in [1.54, 1.807) is 48.5 Å². The first kappa shape index (κ1) is 18.5. The van der Waals surface area contributed by atoms with Crippen LogP contribution in [0.2, 0.25) is 5.02 Å². The van der Waals surface area contributed by atoms with Crippen molar-refractivity contribution in [2.24, 2.45) is 0 Å². The van der Waals surface area contributed by atoms with Crippen molar-refractivity contribution >= 4 is 29.1 Å². The van der Waals surface area contributed by atoms with E-state index in [4.69, 9.17) is 11.6 Å². The molecule has 1 saturated heterocycles. The summed E-state index contributed by atoms with van der Waals surface area (Å²) in [6.07, 6.45) is 4.31. The molecule has 0 aliphatic carbocycles. The number of carbonyl (C=O) groups excluding carboxylic acids is 2. The van der Waals surface area contributed by atoms with Crippen LogP contribution in [0.1, 0.15) is 53.3 Å². The average Bonchev–Trinajstić information content (AvgIpc) is 2.68. The molecule has 1 N–H and O–H groups in total. The van der Waals surface area contributed by atoms with Crippen molar-refractivity contribution in [2.45, 2.75) is 38.6 Å². The molecule has 1 aliphatic rings. The number of benzene rings is 2. The lowest BCUT2D eigenvalue weighted by molar-refractivity contribution is 0.0608. The van der Waals surface area contributed by atoms with Gasteiger partial charge in [0.2, 0.25) is 0 Å². The van der Waals surface area contributed by atoms with Crippen LogP contribution in [-0.4, -0.2) is 29.3 Å². The molecule has 5 heteroatoms. The molecular weight excluding hydrogens is 348 g/mol. The minimum absolute atomic E-state index is 0.0699. The summed E-state index contributed by atoms with van der Waals surface area (Å²) >= 11 is 6.05. The van der Waals surface area contributed by atoms with E-state index >= 15 is 0 Å². The second-order valence-electron chi connectivity index (χ2n) is 6.57. The molecule has 3 rings (SSSR count). The van der Waals surface area contributed by atoms with E-state index < -0.39 is 0 Å². The summed E-state index contributed by atoms with van der Waals surface area (Å²) in [7, 11) is 0. The van der Waals surface area contributed by atoms with Crippen molar-refractivity contribution in [3.63, 3.8) is 0 Å². The van der Waals surface area contributed by atoms with E-state index in [2.05, 4.69) is 12.2 Å². The van der Waals surface area contributed by atoms with Gasteiger partial charge in [0.05, 0.1) is 10.6 Å². The Morgan fingerprint density at radius 1 is 1.12 bits per heavy atom. The molecule has 0 bridgehead atoms. The van der Waals surface area contributed by atoms with E-state index in [9.17, 15) is 9.59 Å². The summed E-state index contributed by atoms with van der Waals surface area (Å²) in [6.45, 7) is 2.95. The van der Waals surface area contributed by atoms with Crippen molar-refractivity contribution in [1.82, 2.24) is 4.90 Å². The normalized spacial score (nSPS) is 17.0. The van der Waals surface area contributed by atoms with Gasteiger partial charge in [0.15, 0.2) is 0 Å². The largest absolute Gasteiger partial charge is 0.336 e.